The molecule has 0 atom stereocenters. The van der Waals surface area contributed by atoms with Crippen molar-refractivity contribution < 1.29 is 9.47 Å². The van der Waals surface area contributed by atoms with Crippen LogP contribution in [0.3, 0.4) is 0 Å². The van der Waals surface area contributed by atoms with Crippen LogP contribution in [0, 0.1) is 0 Å². The molecule has 55 heavy (non-hydrogen) atoms. The topological polar surface area (TPSA) is 42.8 Å². The van der Waals surface area contributed by atoms with Gasteiger partial charge < -0.3 is 19.3 Å². The molecule has 3 aliphatic heterocycles. The summed E-state index contributed by atoms with van der Waals surface area (Å²) in [6.07, 6.45) is 1.91. The zero-order chi connectivity index (χ0) is 37.5. The number of fused-ring (bicyclic) bond motifs is 5. The van der Waals surface area contributed by atoms with Crippen molar-refractivity contribution in [2.45, 2.75) is 45.4 Å². The summed E-state index contributed by atoms with van der Waals surface area (Å²) in [5, 5.41) is 2.32. The van der Waals surface area contributed by atoms with Crippen molar-refractivity contribution in [1.29, 1.82) is 0 Å². The Morgan fingerprint density at radius 3 is 2.05 bits per heavy atom. The fraction of sp³-hybridized carbons (Fsp3) is 0.163. The first kappa shape index (κ1) is 33.1. The van der Waals surface area contributed by atoms with E-state index in [1.807, 2.05) is 18.3 Å². The monoisotopic (exact) mass is 718 g/mol. The number of pyridine rings is 1. The second-order valence-corrected chi connectivity index (χ2v) is 16.2. The van der Waals surface area contributed by atoms with E-state index in [2.05, 4.69) is 182 Å². The maximum absolute atomic E-state index is 7.09. The molecule has 3 aliphatic rings. The van der Waals surface area contributed by atoms with Gasteiger partial charge in [-0.25, -0.2) is 4.98 Å². The van der Waals surface area contributed by atoms with Crippen molar-refractivity contribution in [3.8, 4) is 28.8 Å². The number of anilines is 4. The van der Waals surface area contributed by atoms with Gasteiger partial charge in [0.15, 0.2) is 5.75 Å². The number of para-hydroxylation sites is 4. The third-order valence-corrected chi connectivity index (χ3v) is 11.3. The van der Waals surface area contributed by atoms with E-state index in [1.165, 1.54) is 16.5 Å². The third-order valence-electron chi connectivity index (χ3n) is 11.3. The lowest BCUT2D eigenvalue weighted by Crippen LogP contribution is -2.24. The van der Waals surface area contributed by atoms with Crippen LogP contribution in [0.15, 0.2) is 152 Å². The van der Waals surface area contributed by atoms with Crippen LogP contribution >= 0.6 is 0 Å². The minimum Gasteiger partial charge on any atom is -0.457 e. The molecule has 0 spiro atoms. The first-order chi connectivity index (χ1) is 26.6. The average molecular weight is 719 g/mol. The number of ether oxygens (including phenoxy) is 2. The summed E-state index contributed by atoms with van der Waals surface area (Å²) in [5.74, 6) is 3.81. The number of nitrogens with zero attached hydrogens (tertiary/aromatic N) is 4. The van der Waals surface area contributed by atoms with E-state index in [0.717, 1.165) is 67.8 Å². The largest absolute Gasteiger partial charge is 0.457 e. The molecule has 0 unspecified atom stereocenters. The maximum atomic E-state index is 7.09. The Morgan fingerprint density at radius 1 is 0.527 bits per heavy atom. The van der Waals surface area contributed by atoms with Crippen LogP contribution in [-0.2, 0) is 10.8 Å². The second kappa shape index (κ2) is 12.3. The Hall–Kier alpha value is -6.53. The van der Waals surface area contributed by atoms with E-state index in [0.29, 0.717) is 12.4 Å². The highest BCUT2D eigenvalue weighted by atomic mass is 16.5. The van der Waals surface area contributed by atoms with E-state index in [4.69, 9.17) is 14.5 Å². The summed E-state index contributed by atoms with van der Waals surface area (Å²) >= 11 is 0. The van der Waals surface area contributed by atoms with Crippen LogP contribution in [-0.4, -0.2) is 16.2 Å². The minimum absolute atomic E-state index is 0.00661. The van der Waals surface area contributed by atoms with Crippen LogP contribution in [0.4, 0.5) is 22.7 Å². The van der Waals surface area contributed by atoms with E-state index >= 15 is 0 Å². The maximum Gasteiger partial charge on any atom is 0.151 e. The molecule has 0 amide bonds. The Morgan fingerprint density at radius 2 is 1.25 bits per heavy atom. The minimum atomic E-state index is -0.434. The molecule has 6 aromatic carbocycles. The summed E-state index contributed by atoms with van der Waals surface area (Å²) in [6, 6.07) is 51.3. The third kappa shape index (κ3) is 5.43. The normalized spacial score (nSPS) is 13.7. The van der Waals surface area contributed by atoms with E-state index in [9.17, 15) is 0 Å². The Balaban J connectivity index is 1.27. The fourth-order valence-corrected chi connectivity index (χ4v) is 8.29. The van der Waals surface area contributed by atoms with Crippen LogP contribution < -0.4 is 19.3 Å². The predicted octanol–water partition coefficient (Wildman–Crippen LogP) is 12.9. The molecule has 8 bridgehead atoms. The number of aromatic nitrogens is 2. The highest BCUT2D eigenvalue weighted by Gasteiger charge is 2.32. The van der Waals surface area contributed by atoms with Gasteiger partial charge in [-0.05, 0) is 83.3 Å². The van der Waals surface area contributed by atoms with Crippen molar-refractivity contribution in [3.05, 3.63) is 168 Å². The first-order valence-electron chi connectivity index (χ1n) is 19.0. The number of hydrogen-bond donors (Lipinski definition) is 0. The van der Waals surface area contributed by atoms with Crippen molar-refractivity contribution >= 4 is 44.6 Å². The van der Waals surface area contributed by atoms with Gasteiger partial charge >= 0.3 is 0 Å². The van der Waals surface area contributed by atoms with Gasteiger partial charge in [-0.1, -0.05) is 101 Å². The zero-order valence-corrected chi connectivity index (χ0v) is 31.7. The molecule has 6 heteroatoms. The van der Waals surface area contributed by atoms with Gasteiger partial charge in [0, 0.05) is 39.6 Å². The molecule has 0 N–H and O–H groups in total. The van der Waals surface area contributed by atoms with Crippen LogP contribution in [0.5, 0.6) is 23.0 Å². The Bertz CT molecular complexity index is 2780. The molecule has 0 radical (unpaired) electrons. The average Bonchev–Trinajstić information content (AvgIpc) is 3.74. The summed E-state index contributed by atoms with van der Waals surface area (Å²) < 4.78 is 16.1. The van der Waals surface area contributed by atoms with Gasteiger partial charge in [-0.2, -0.15) is 0 Å². The molecule has 270 valence electrons. The number of hydrogen-bond acceptors (Lipinski definition) is 5. The summed E-state index contributed by atoms with van der Waals surface area (Å²) in [7, 11) is 0. The molecule has 8 aromatic rings. The molecule has 0 saturated heterocycles. The number of benzene rings is 6. The lowest BCUT2D eigenvalue weighted by molar-refractivity contribution is 0.459. The smallest absolute Gasteiger partial charge is 0.151 e. The van der Waals surface area contributed by atoms with Crippen molar-refractivity contribution in [2.24, 2.45) is 0 Å². The Labute approximate surface area is 321 Å². The van der Waals surface area contributed by atoms with Gasteiger partial charge in [0.2, 0.25) is 0 Å². The van der Waals surface area contributed by atoms with E-state index in [1.54, 1.807) is 0 Å². The van der Waals surface area contributed by atoms with Gasteiger partial charge in [0.05, 0.1) is 34.3 Å². The molecule has 11 rings (SSSR count). The molecule has 5 heterocycles. The van der Waals surface area contributed by atoms with Gasteiger partial charge in [-0.15, -0.1) is 0 Å². The summed E-state index contributed by atoms with van der Waals surface area (Å²) in [6.45, 7) is 11.9. The first-order valence-corrected chi connectivity index (χ1v) is 19.0. The second-order valence-electron chi connectivity index (χ2n) is 16.2. The predicted molar refractivity (Wildman–Crippen MR) is 224 cm³/mol. The van der Waals surface area contributed by atoms with Gasteiger partial charge in [0.25, 0.3) is 0 Å². The molecule has 6 nitrogen and oxygen atoms in total. The summed E-state index contributed by atoms with van der Waals surface area (Å²) in [5.41, 5.74) is 9.41. The van der Waals surface area contributed by atoms with E-state index in [-0.39, 0.29) is 5.41 Å². The highest BCUT2D eigenvalue weighted by Crippen LogP contribution is 2.49. The van der Waals surface area contributed by atoms with Gasteiger partial charge in [0.1, 0.15) is 29.7 Å². The zero-order valence-electron chi connectivity index (χ0n) is 31.7. The molecule has 0 saturated carbocycles. The van der Waals surface area contributed by atoms with E-state index < -0.39 is 5.41 Å². The highest BCUT2D eigenvalue weighted by molar-refractivity contribution is 6.10. The van der Waals surface area contributed by atoms with Crippen molar-refractivity contribution in [3.63, 3.8) is 0 Å². The molecular formula is C49H42N4O2. The Kier molecular flexibility index (Phi) is 7.37. The number of rotatable bonds is 2. The molecule has 0 fully saturated rings. The lowest BCUT2D eigenvalue weighted by atomic mass is 9.78. The van der Waals surface area contributed by atoms with Crippen LogP contribution in [0.25, 0.3) is 27.6 Å². The standard InChI is InChI=1S/C49H42N4O2/c1-48(2,3)33-22-25-40-38(26-33)37-24-23-36-28-44(37)53(40)47-29-39(49(4,5)32-14-7-6-8-15-32)46(30-50-47)55-45-21-12-11-20-43(45)52-31-51(41-18-9-10-19-42(41)52)34-16-13-17-35(27-34)54-36/h6-30H,31H2,1-5H3. The van der Waals surface area contributed by atoms with Crippen molar-refractivity contribution in [2.75, 3.05) is 16.5 Å². The SMILES string of the molecule is CC(C)(C)c1ccc2c(c1)c1ccc3cc1n2-c1cc(C(C)(C)c2ccccc2)c(cn1)Oc1ccccc1N1CN(c2cccc(c2)O3)c2ccccc21. The lowest BCUT2D eigenvalue weighted by Gasteiger charge is -2.29. The molecule has 2 aromatic heterocycles. The van der Waals surface area contributed by atoms with Crippen LogP contribution in [0.2, 0.25) is 0 Å². The molecular weight excluding hydrogens is 677 g/mol. The fourth-order valence-electron chi connectivity index (χ4n) is 8.29. The van der Waals surface area contributed by atoms with Crippen LogP contribution in [0.1, 0.15) is 51.3 Å². The van der Waals surface area contributed by atoms with Crippen molar-refractivity contribution in [1.82, 2.24) is 9.55 Å². The quantitative estimate of drug-likeness (QED) is 0.178. The molecule has 0 aliphatic carbocycles. The van der Waals surface area contributed by atoms with Gasteiger partial charge in [-0.3, -0.25) is 4.57 Å². The summed E-state index contributed by atoms with van der Waals surface area (Å²) in [4.78, 5) is 9.87.